The molecular formula is C26H18F3NO6. The minimum Gasteiger partial charge on any atom is -0.508 e. The highest BCUT2D eigenvalue weighted by atomic mass is 19.4. The van der Waals surface area contributed by atoms with E-state index in [-0.39, 0.29) is 34.7 Å². The lowest BCUT2D eigenvalue weighted by molar-refractivity contribution is -0.137. The first-order chi connectivity index (χ1) is 17.1. The molecule has 0 spiro atoms. The number of aliphatic hydroxyl groups is 1. The van der Waals surface area contributed by atoms with Crippen LogP contribution in [0.4, 0.5) is 18.9 Å². The van der Waals surface area contributed by atoms with Gasteiger partial charge in [0, 0.05) is 11.3 Å². The van der Waals surface area contributed by atoms with Gasteiger partial charge in [0.1, 0.15) is 24.7 Å². The van der Waals surface area contributed by atoms with Crippen LogP contribution in [0.2, 0.25) is 0 Å². The van der Waals surface area contributed by atoms with Crippen molar-refractivity contribution >= 4 is 23.1 Å². The van der Waals surface area contributed by atoms with Gasteiger partial charge in [-0.15, -0.1) is 0 Å². The van der Waals surface area contributed by atoms with Gasteiger partial charge in [0.05, 0.1) is 17.2 Å². The normalized spacial score (nSPS) is 19.0. The summed E-state index contributed by atoms with van der Waals surface area (Å²) >= 11 is 0. The number of aliphatic hydroxyl groups excluding tert-OH is 1. The largest absolute Gasteiger partial charge is 0.508 e. The molecule has 0 bridgehead atoms. The molecule has 2 N–H and O–H groups in total. The molecule has 5 rings (SSSR count). The summed E-state index contributed by atoms with van der Waals surface area (Å²) in [4.78, 5) is 27.2. The second-order valence-corrected chi connectivity index (χ2v) is 8.17. The van der Waals surface area contributed by atoms with E-state index in [1.54, 1.807) is 0 Å². The van der Waals surface area contributed by atoms with Crippen molar-refractivity contribution in [3.8, 4) is 17.2 Å². The summed E-state index contributed by atoms with van der Waals surface area (Å²) < 4.78 is 51.2. The number of halogens is 3. The van der Waals surface area contributed by atoms with Crippen LogP contribution < -0.4 is 14.4 Å². The lowest BCUT2D eigenvalue weighted by Gasteiger charge is -2.26. The van der Waals surface area contributed by atoms with Gasteiger partial charge in [0.25, 0.3) is 11.7 Å². The monoisotopic (exact) mass is 497 g/mol. The fraction of sp³-hybridized carbons (Fsp3) is 0.154. The topological polar surface area (TPSA) is 96.3 Å². The third-order valence-corrected chi connectivity index (χ3v) is 5.90. The van der Waals surface area contributed by atoms with Gasteiger partial charge < -0.3 is 19.7 Å². The number of hydrogen-bond donors (Lipinski definition) is 2. The number of ether oxygens (including phenoxy) is 2. The highest BCUT2D eigenvalue weighted by molar-refractivity contribution is 6.51. The molecule has 1 saturated heterocycles. The second kappa shape index (κ2) is 8.63. The summed E-state index contributed by atoms with van der Waals surface area (Å²) in [7, 11) is 0. The molecule has 3 aromatic carbocycles. The maximum Gasteiger partial charge on any atom is 0.416 e. The number of phenols is 1. The van der Waals surface area contributed by atoms with Gasteiger partial charge in [-0.25, -0.2) is 0 Å². The van der Waals surface area contributed by atoms with Crippen LogP contribution >= 0.6 is 0 Å². The zero-order valence-electron chi connectivity index (χ0n) is 18.5. The Balaban J connectivity index is 1.70. The van der Waals surface area contributed by atoms with Crippen molar-refractivity contribution in [2.24, 2.45) is 0 Å². The molecule has 7 nitrogen and oxygen atoms in total. The first-order valence-corrected chi connectivity index (χ1v) is 10.8. The summed E-state index contributed by atoms with van der Waals surface area (Å²) in [5.41, 5.74) is -1.19. The summed E-state index contributed by atoms with van der Waals surface area (Å²) in [5, 5.41) is 21.2. The molecule has 184 valence electrons. The van der Waals surface area contributed by atoms with Gasteiger partial charge in [-0.1, -0.05) is 18.2 Å². The summed E-state index contributed by atoms with van der Waals surface area (Å²) in [6.45, 7) is 0.623. The molecule has 0 aliphatic carbocycles. The molecule has 0 aromatic heterocycles. The number of nitrogens with zero attached hydrogens (tertiary/aromatic N) is 1. The van der Waals surface area contributed by atoms with E-state index in [0.29, 0.717) is 18.1 Å². The first kappa shape index (κ1) is 23.3. The number of phenolic OH excluding ortho intramolecular Hbond substituents is 1. The van der Waals surface area contributed by atoms with Gasteiger partial charge in [-0.2, -0.15) is 13.2 Å². The number of anilines is 1. The maximum absolute atomic E-state index is 13.4. The molecule has 0 saturated carbocycles. The lowest BCUT2D eigenvalue weighted by Crippen LogP contribution is -2.29. The molecule has 1 unspecified atom stereocenters. The molecule has 0 radical (unpaired) electrons. The van der Waals surface area contributed by atoms with Crippen molar-refractivity contribution in [2.75, 3.05) is 18.1 Å². The quantitative estimate of drug-likeness (QED) is 0.306. The average molecular weight is 497 g/mol. The van der Waals surface area contributed by atoms with Gasteiger partial charge in [0.2, 0.25) is 0 Å². The minimum absolute atomic E-state index is 0.145. The predicted octanol–water partition coefficient (Wildman–Crippen LogP) is 4.81. The number of alkyl halides is 3. The van der Waals surface area contributed by atoms with Gasteiger partial charge in [-0.3, -0.25) is 14.5 Å². The van der Waals surface area contributed by atoms with Crippen molar-refractivity contribution < 1.29 is 42.4 Å². The Morgan fingerprint density at radius 2 is 1.64 bits per heavy atom. The van der Waals surface area contributed by atoms with Gasteiger partial charge >= 0.3 is 6.18 Å². The van der Waals surface area contributed by atoms with E-state index in [0.717, 1.165) is 23.1 Å². The molecule has 3 aromatic rings. The highest BCUT2D eigenvalue weighted by Gasteiger charge is 2.47. The number of aromatic hydroxyl groups is 1. The third kappa shape index (κ3) is 4.00. The molecule has 1 fully saturated rings. The van der Waals surface area contributed by atoms with Crippen LogP contribution in [0.15, 0.2) is 72.3 Å². The summed E-state index contributed by atoms with van der Waals surface area (Å²) in [6.07, 6.45) is -4.69. The number of amides is 1. The van der Waals surface area contributed by atoms with Crippen LogP contribution in [0.3, 0.4) is 0 Å². The highest BCUT2D eigenvalue weighted by Crippen LogP contribution is 2.44. The fourth-order valence-corrected chi connectivity index (χ4v) is 4.29. The van der Waals surface area contributed by atoms with Crippen molar-refractivity contribution in [3.05, 3.63) is 89.0 Å². The van der Waals surface area contributed by atoms with E-state index in [1.165, 1.54) is 48.5 Å². The molecule has 2 aliphatic heterocycles. The number of carbonyl (C=O) groups excluding carboxylic acids is 2. The van der Waals surface area contributed by atoms with Crippen LogP contribution in [-0.2, 0) is 15.8 Å². The zero-order valence-corrected chi connectivity index (χ0v) is 18.5. The van der Waals surface area contributed by atoms with E-state index >= 15 is 0 Å². The molecular weight excluding hydrogens is 479 g/mol. The maximum atomic E-state index is 13.4. The Bertz CT molecular complexity index is 1410. The molecule has 1 amide bonds. The smallest absolute Gasteiger partial charge is 0.416 e. The molecule has 2 heterocycles. The Labute approximate surface area is 202 Å². The van der Waals surface area contributed by atoms with E-state index in [4.69, 9.17) is 9.47 Å². The van der Waals surface area contributed by atoms with Gasteiger partial charge in [0.15, 0.2) is 11.5 Å². The van der Waals surface area contributed by atoms with Gasteiger partial charge in [-0.05, 0) is 54.1 Å². The summed E-state index contributed by atoms with van der Waals surface area (Å²) in [5.74, 6) is -2.19. The van der Waals surface area contributed by atoms with E-state index < -0.39 is 35.2 Å². The third-order valence-electron chi connectivity index (χ3n) is 5.90. The fourth-order valence-electron chi connectivity index (χ4n) is 4.29. The standard InChI is InChI=1S/C26H18F3NO6/c27-26(28,29)16-4-2-5-17(13-16)30-22(14-3-1-6-18(31)11-14)21(24(33)25(30)34)23(32)15-7-8-19-20(12-15)36-10-9-35-19/h1-8,11-13,22,31-32H,9-10H2/b23-21-. The SMILES string of the molecule is O=C1C(=O)N(c2cccc(C(F)(F)F)c2)C(c2cccc(O)c2)/C1=C(/O)c1ccc2c(c1)OCCO2. The Kier molecular flexibility index (Phi) is 5.58. The molecule has 2 aliphatic rings. The van der Waals surface area contributed by atoms with Crippen molar-refractivity contribution in [1.82, 2.24) is 0 Å². The molecule has 10 heteroatoms. The van der Waals surface area contributed by atoms with Crippen LogP contribution in [0, 0.1) is 0 Å². The van der Waals surface area contributed by atoms with E-state index in [9.17, 15) is 33.0 Å². The minimum atomic E-state index is -4.69. The number of carbonyl (C=O) groups is 2. The Hall–Kier alpha value is -4.47. The second-order valence-electron chi connectivity index (χ2n) is 8.17. The molecule has 1 atom stereocenters. The molecule has 36 heavy (non-hydrogen) atoms. The average Bonchev–Trinajstić information content (AvgIpc) is 3.13. The Morgan fingerprint density at radius 3 is 2.36 bits per heavy atom. The number of ketones is 1. The van der Waals surface area contributed by atoms with Crippen molar-refractivity contribution in [1.29, 1.82) is 0 Å². The zero-order chi connectivity index (χ0) is 25.6. The summed E-state index contributed by atoms with van der Waals surface area (Å²) in [6, 6.07) is 12.7. The van der Waals surface area contributed by atoms with Crippen LogP contribution in [0.5, 0.6) is 17.2 Å². The lowest BCUT2D eigenvalue weighted by atomic mass is 9.94. The van der Waals surface area contributed by atoms with Crippen LogP contribution in [0.1, 0.15) is 22.7 Å². The number of benzene rings is 3. The Morgan fingerprint density at radius 1 is 0.917 bits per heavy atom. The number of rotatable bonds is 3. The number of hydrogen-bond acceptors (Lipinski definition) is 6. The number of fused-ring (bicyclic) bond motifs is 1. The number of Topliss-reactive ketones (excluding diaryl/α,β-unsaturated/α-hetero) is 1. The first-order valence-electron chi connectivity index (χ1n) is 10.8. The van der Waals surface area contributed by atoms with Crippen LogP contribution in [0.25, 0.3) is 5.76 Å². The van der Waals surface area contributed by atoms with Crippen LogP contribution in [-0.4, -0.2) is 35.1 Å². The van der Waals surface area contributed by atoms with Crippen molar-refractivity contribution in [2.45, 2.75) is 12.2 Å². The predicted molar refractivity (Wildman–Crippen MR) is 122 cm³/mol. The van der Waals surface area contributed by atoms with E-state index in [1.807, 2.05) is 0 Å². The van der Waals surface area contributed by atoms with E-state index in [2.05, 4.69) is 0 Å². The van der Waals surface area contributed by atoms with Crippen molar-refractivity contribution in [3.63, 3.8) is 0 Å².